The smallest absolute Gasteiger partial charge is 0.121 e. The highest BCUT2D eigenvalue weighted by Crippen LogP contribution is 2.14. The molecule has 1 aromatic rings. The van der Waals surface area contributed by atoms with E-state index in [0.717, 1.165) is 12.3 Å². The van der Waals surface area contributed by atoms with Crippen LogP contribution < -0.4 is 10.5 Å². The quantitative estimate of drug-likeness (QED) is 0.707. The molecular weight excluding hydrogens is 204 g/mol. The van der Waals surface area contributed by atoms with Crippen LogP contribution in [-0.2, 0) is 0 Å². The van der Waals surface area contributed by atoms with Gasteiger partial charge in [0.25, 0.3) is 0 Å². The van der Waals surface area contributed by atoms with Crippen molar-refractivity contribution < 1.29 is 9.84 Å². The molecule has 0 radical (unpaired) electrons. The molecule has 0 bridgehead atoms. The lowest BCUT2D eigenvalue weighted by atomic mass is 10.3. The molecule has 0 spiro atoms. The number of nitrogens with zero attached hydrogens (tertiary/aromatic N) is 1. The van der Waals surface area contributed by atoms with Crippen LogP contribution in [0.4, 0.5) is 5.69 Å². The third-order valence-electron chi connectivity index (χ3n) is 2.59. The van der Waals surface area contributed by atoms with E-state index >= 15 is 0 Å². The highest BCUT2D eigenvalue weighted by molar-refractivity contribution is 5.43. The minimum atomic E-state index is 0.157. The lowest BCUT2D eigenvalue weighted by Gasteiger charge is -2.22. The lowest BCUT2D eigenvalue weighted by molar-refractivity contribution is 0.140. The number of likely N-dealkylation sites (N-methyl/N-ethyl adjacent to an activating group) is 1. The van der Waals surface area contributed by atoms with Gasteiger partial charge in [-0.2, -0.15) is 0 Å². The second-order valence-electron chi connectivity index (χ2n) is 3.93. The molecule has 1 unspecified atom stereocenters. The number of anilines is 1. The molecule has 0 aromatic heterocycles. The summed E-state index contributed by atoms with van der Waals surface area (Å²) in [5.74, 6) is 0.782. The Labute approximate surface area is 96.6 Å². The van der Waals surface area contributed by atoms with Crippen molar-refractivity contribution in [2.45, 2.75) is 13.0 Å². The standard InChI is InChI=1S/C12H20N2O2/c1-10(9-15)14(2)6-7-16-12-5-3-4-11(13)8-12/h3-5,8,10,15H,6-7,9,13H2,1-2H3. The van der Waals surface area contributed by atoms with Gasteiger partial charge in [0.2, 0.25) is 0 Å². The van der Waals surface area contributed by atoms with Crippen molar-refractivity contribution in [3.05, 3.63) is 24.3 Å². The van der Waals surface area contributed by atoms with Gasteiger partial charge in [-0.15, -0.1) is 0 Å². The van der Waals surface area contributed by atoms with Gasteiger partial charge in [-0.3, -0.25) is 4.90 Å². The monoisotopic (exact) mass is 224 g/mol. The van der Waals surface area contributed by atoms with Crippen molar-refractivity contribution in [2.24, 2.45) is 0 Å². The summed E-state index contributed by atoms with van der Waals surface area (Å²) in [7, 11) is 1.96. The first kappa shape index (κ1) is 12.8. The molecule has 16 heavy (non-hydrogen) atoms. The van der Waals surface area contributed by atoms with E-state index in [4.69, 9.17) is 15.6 Å². The molecule has 0 aliphatic heterocycles. The average molecular weight is 224 g/mol. The number of aliphatic hydroxyl groups excluding tert-OH is 1. The molecule has 0 amide bonds. The molecule has 0 saturated carbocycles. The van der Waals surface area contributed by atoms with Crippen LogP contribution in [0.25, 0.3) is 0 Å². The van der Waals surface area contributed by atoms with Crippen LogP contribution in [0.1, 0.15) is 6.92 Å². The summed E-state index contributed by atoms with van der Waals surface area (Å²) in [6.45, 7) is 3.50. The number of nitrogens with two attached hydrogens (primary N) is 1. The molecule has 1 rings (SSSR count). The molecule has 1 aromatic carbocycles. The molecule has 0 saturated heterocycles. The maximum absolute atomic E-state index is 8.96. The number of rotatable bonds is 6. The Morgan fingerprint density at radius 3 is 2.88 bits per heavy atom. The van der Waals surface area contributed by atoms with E-state index in [1.54, 1.807) is 6.07 Å². The molecule has 3 N–H and O–H groups in total. The predicted molar refractivity (Wildman–Crippen MR) is 65.5 cm³/mol. The number of aliphatic hydroxyl groups is 1. The second-order valence-corrected chi connectivity index (χ2v) is 3.93. The van der Waals surface area contributed by atoms with E-state index in [0.29, 0.717) is 12.3 Å². The van der Waals surface area contributed by atoms with Gasteiger partial charge in [-0.05, 0) is 26.1 Å². The maximum atomic E-state index is 8.96. The number of hydrogen-bond acceptors (Lipinski definition) is 4. The fourth-order valence-electron chi connectivity index (χ4n) is 1.27. The summed E-state index contributed by atoms with van der Waals surface area (Å²) in [5.41, 5.74) is 6.34. The summed E-state index contributed by atoms with van der Waals surface area (Å²) in [4.78, 5) is 2.05. The number of ether oxygens (including phenoxy) is 1. The van der Waals surface area contributed by atoms with Crippen LogP contribution in [0.3, 0.4) is 0 Å². The first-order valence-electron chi connectivity index (χ1n) is 5.43. The van der Waals surface area contributed by atoms with E-state index in [9.17, 15) is 0 Å². The Kier molecular flexibility index (Phi) is 5.08. The molecule has 90 valence electrons. The van der Waals surface area contributed by atoms with E-state index < -0.39 is 0 Å². The fourth-order valence-corrected chi connectivity index (χ4v) is 1.27. The Balaban J connectivity index is 2.30. The molecule has 4 nitrogen and oxygen atoms in total. The third kappa shape index (κ3) is 4.08. The van der Waals surface area contributed by atoms with E-state index in [-0.39, 0.29) is 12.6 Å². The summed E-state index contributed by atoms with van der Waals surface area (Å²) in [5, 5.41) is 8.96. The topological polar surface area (TPSA) is 58.7 Å². The van der Waals surface area contributed by atoms with Crippen LogP contribution in [0.2, 0.25) is 0 Å². The maximum Gasteiger partial charge on any atom is 0.121 e. The molecule has 0 aliphatic rings. The van der Waals surface area contributed by atoms with Gasteiger partial charge in [-0.25, -0.2) is 0 Å². The minimum Gasteiger partial charge on any atom is -0.492 e. The zero-order valence-corrected chi connectivity index (χ0v) is 9.89. The van der Waals surface area contributed by atoms with E-state index in [1.165, 1.54) is 0 Å². The summed E-state index contributed by atoms with van der Waals surface area (Å²) < 4.78 is 5.55. The molecule has 0 heterocycles. The Bertz CT molecular complexity index is 318. The molecule has 0 fully saturated rings. The van der Waals surface area contributed by atoms with Crippen molar-refractivity contribution in [2.75, 3.05) is 32.5 Å². The van der Waals surface area contributed by atoms with Crippen molar-refractivity contribution in [3.8, 4) is 5.75 Å². The van der Waals surface area contributed by atoms with Crippen LogP contribution in [0.5, 0.6) is 5.75 Å². The van der Waals surface area contributed by atoms with E-state index in [2.05, 4.69) is 0 Å². The fraction of sp³-hybridized carbons (Fsp3) is 0.500. The van der Waals surface area contributed by atoms with Crippen molar-refractivity contribution in [3.63, 3.8) is 0 Å². The van der Waals surface area contributed by atoms with Gasteiger partial charge in [0.05, 0.1) is 6.61 Å². The molecule has 1 atom stereocenters. The summed E-state index contributed by atoms with van der Waals surface area (Å²) >= 11 is 0. The highest BCUT2D eigenvalue weighted by Gasteiger charge is 2.06. The van der Waals surface area contributed by atoms with Gasteiger partial charge in [-0.1, -0.05) is 6.07 Å². The SMILES string of the molecule is CC(CO)N(C)CCOc1cccc(N)c1. The first-order valence-corrected chi connectivity index (χ1v) is 5.43. The predicted octanol–water partition coefficient (Wildman–Crippen LogP) is 0.960. The Morgan fingerprint density at radius 2 is 2.25 bits per heavy atom. The molecule has 0 aliphatic carbocycles. The number of benzene rings is 1. The number of nitrogen functional groups attached to an aromatic ring is 1. The van der Waals surface area contributed by atoms with Gasteiger partial charge in [0.15, 0.2) is 0 Å². The zero-order valence-electron chi connectivity index (χ0n) is 9.89. The van der Waals surface area contributed by atoms with E-state index in [1.807, 2.05) is 37.1 Å². The first-order chi connectivity index (χ1) is 7.63. The van der Waals surface area contributed by atoms with Crippen molar-refractivity contribution >= 4 is 5.69 Å². The van der Waals surface area contributed by atoms with Crippen LogP contribution in [-0.4, -0.2) is 42.9 Å². The number of hydrogen-bond donors (Lipinski definition) is 2. The largest absolute Gasteiger partial charge is 0.492 e. The zero-order chi connectivity index (χ0) is 12.0. The Morgan fingerprint density at radius 1 is 1.50 bits per heavy atom. The second kappa shape index (κ2) is 6.35. The third-order valence-corrected chi connectivity index (χ3v) is 2.59. The van der Waals surface area contributed by atoms with Crippen molar-refractivity contribution in [1.29, 1.82) is 0 Å². The minimum absolute atomic E-state index is 0.157. The van der Waals surface area contributed by atoms with Crippen LogP contribution >= 0.6 is 0 Å². The molecule has 4 heteroatoms. The summed E-state index contributed by atoms with van der Waals surface area (Å²) in [6, 6.07) is 7.53. The lowest BCUT2D eigenvalue weighted by Crippen LogP contribution is -2.35. The normalized spacial score (nSPS) is 12.8. The molecular formula is C12H20N2O2. The van der Waals surface area contributed by atoms with Gasteiger partial charge < -0.3 is 15.6 Å². The van der Waals surface area contributed by atoms with Gasteiger partial charge in [0.1, 0.15) is 12.4 Å². The van der Waals surface area contributed by atoms with Crippen LogP contribution in [0, 0.1) is 0 Å². The van der Waals surface area contributed by atoms with Gasteiger partial charge >= 0.3 is 0 Å². The highest BCUT2D eigenvalue weighted by atomic mass is 16.5. The Hall–Kier alpha value is -1.26. The van der Waals surface area contributed by atoms with Crippen LogP contribution in [0.15, 0.2) is 24.3 Å². The average Bonchev–Trinajstić information content (AvgIpc) is 2.28. The van der Waals surface area contributed by atoms with Crippen molar-refractivity contribution in [1.82, 2.24) is 4.90 Å². The summed E-state index contributed by atoms with van der Waals surface area (Å²) in [6.07, 6.45) is 0. The van der Waals surface area contributed by atoms with Gasteiger partial charge in [0, 0.05) is 24.3 Å².